The highest BCUT2D eigenvalue weighted by molar-refractivity contribution is 7.09. The van der Waals surface area contributed by atoms with Gasteiger partial charge in [-0.25, -0.2) is 0 Å². The molecule has 1 fully saturated rings. The van der Waals surface area contributed by atoms with Crippen LogP contribution in [0, 0.1) is 0 Å². The van der Waals surface area contributed by atoms with Crippen LogP contribution >= 0.6 is 11.3 Å². The SMILES string of the molecule is COc1ccc([C@H]2CN(C(C)=O)CCN2Cc2cccs2)cc1. The molecule has 0 bridgehead atoms. The quantitative estimate of drug-likeness (QED) is 0.863. The highest BCUT2D eigenvalue weighted by atomic mass is 32.1. The zero-order chi connectivity index (χ0) is 16.2. The number of ether oxygens (including phenoxy) is 1. The van der Waals surface area contributed by atoms with Crippen LogP contribution in [0.25, 0.3) is 0 Å². The topological polar surface area (TPSA) is 32.8 Å². The first-order valence-electron chi connectivity index (χ1n) is 7.83. The molecular formula is C18H22N2O2S. The van der Waals surface area contributed by atoms with Crippen molar-refractivity contribution in [3.8, 4) is 5.75 Å². The molecule has 0 spiro atoms. The molecule has 122 valence electrons. The van der Waals surface area contributed by atoms with Crippen LogP contribution in [0.1, 0.15) is 23.4 Å². The highest BCUT2D eigenvalue weighted by Crippen LogP contribution is 2.29. The number of carbonyl (C=O) groups excluding carboxylic acids is 1. The van der Waals surface area contributed by atoms with E-state index in [9.17, 15) is 4.79 Å². The van der Waals surface area contributed by atoms with Gasteiger partial charge in [0.25, 0.3) is 0 Å². The van der Waals surface area contributed by atoms with Gasteiger partial charge in [0, 0.05) is 38.0 Å². The maximum Gasteiger partial charge on any atom is 0.219 e. The minimum absolute atomic E-state index is 0.152. The summed E-state index contributed by atoms with van der Waals surface area (Å²) in [5.74, 6) is 1.01. The smallest absolute Gasteiger partial charge is 0.219 e. The van der Waals surface area contributed by atoms with Gasteiger partial charge in [0.1, 0.15) is 5.75 Å². The van der Waals surface area contributed by atoms with Crippen LogP contribution in [-0.4, -0.2) is 42.5 Å². The molecule has 0 aliphatic carbocycles. The Labute approximate surface area is 141 Å². The summed E-state index contributed by atoms with van der Waals surface area (Å²) in [6.45, 7) is 5.02. The summed E-state index contributed by atoms with van der Waals surface area (Å²) in [4.78, 5) is 17.6. The molecule has 0 saturated carbocycles. The first-order valence-corrected chi connectivity index (χ1v) is 8.71. The van der Waals surface area contributed by atoms with Crippen LogP contribution in [0.2, 0.25) is 0 Å². The molecule has 1 aromatic heterocycles. The van der Waals surface area contributed by atoms with E-state index in [2.05, 4.69) is 34.5 Å². The lowest BCUT2D eigenvalue weighted by Crippen LogP contribution is -2.49. The third kappa shape index (κ3) is 3.74. The van der Waals surface area contributed by atoms with E-state index in [0.29, 0.717) is 0 Å². The molecule has 2 heterocycles. The molecule has 1 aromatic carbocycles. The number of carbonyl (C=O) groups is 1. The second-order valence-corrected chi connectivity index (χ2v) is 6.84. The van der Waals surface area contributed by atoms with E-state index >= 15 is 0 Å². The minimum Gasteiger partial charge on any atom is -0.497 e. The van der Waals surface area contributed by atoms with Crippen LogP contribution in [0.4, 0.5) is 0 Å². The summed E-state index contributed by atoms with van der Waals surface area (Å²) in [5.41, 5.74) is 1.23. The fourth-order valence-electron chi connectivity index (χ4n) is 3.04. The number of methoxy groups -OCH3 is 1. The molecule has 4 nitrogen and oxygen atoms in total. The predicted octanol–water partition coefficient (Wildman–Crippen LogP) is 3.16. The summed E-state index contributed by atoms with van der Waals surface area (Å²) < 4.78 is 5.25. The maximum absolute atomic E-state index is 11.8. The Balaban J connectivity index is 1.82. The van der Waals surface area contributed by atoms with Gasteiger partial charge in [-0.05, 0) is 29.1 Å². The first kappa shape index (κ1) is 16.0. The Hall–Kier alpha value is -1.85. The number of hydrogen-bond donors (Lipinski definition) is 0. The molecule has 1 saturated heterocycles. The monoisotopic (exact) mass is 330 g/mol. The van der Waals surface area contributed by atoms with E-state index in [4.69, 9.17) is 4.74 Å². The van der Waals surface area contributed by atoms with Crippen LogP contribution in [0.3, 0.4) is 0 Å². The van der Waals surface area contributed by atoms with Crippen molar-refractivity contribution in [2.75, 3.05) is 26.7 Å². The van der Waals surface area contributed by atoms with Crippen molar-refractivity contribution in [3.05, 3.63) is 52.2 Å². The standard InChI is InChI=1S/C18H22N2O2S/c1-14(21)19-9-10-20(12-17-4-3-11-23-17)18(13-19)15-5-7-16(22-2)8-6-15/h3-8,11,18H,9-10,12-13H2,1-2H3/t18-/m1/s1. The lowest BCUT2D eigenvalue weighted by atomic mass is 10.0. The highest BCUT2D eigenvalue weighted by Gasteiger charge is 2.29. The average Bonchev–Trinajstić information content (AvgIpc) is 3.08. The van der Waals surface area contributed by atoms with Crippen molar-refractivity contribution >= 4 is 17.2 Å². The Kier molecular flexibility index (Phi) is 4.98. The number of rotatable bonds is 4. The zero-order valence-corrected chi connectivity index (χ0v) is 14.4. The summed E-state index contributed by atoms with van der Waals surface area (Å²) in [5, 5.41) is 2.11. The van der Waals surface area contributed by atoms with Gasteiger partial charge in [-0.15, -0.1) is 11.3 Å². The van der Waals surface area contributed by atoms with E-state index in [1.54, 1.807) is 25.4 Å². The molecule has 3 rings (SSSR count). The molecule has 5 heteroatoms. The Bertz CT molecular complexity index is 640. The van der Waals surface area contributed by atoms with Crippen molar-refractivity contribution in [3.63, 3.8) is 0 Å². The normalized spacial score (nSPS) is 18.9. The zero-order valence-electron chi connectivity index (χ0n) is 13.6. The predicted molar refractivity (Wildman–Crippen MR) is 92.7 cm³/mol. The minimum atomic E-state index is 0.152. The molecular weight excluding hydrogens is 308 g/mol. The molecule has 1 atom stereocenters. The van der Waals surface area contributed by atoms with Crippen LogP contribution in [0.5, 0.6) is 5.75 Å². The summed E-state index contributed by atoms with van der Waals surface area (Å²) in [6.07, 6.45) is 0. The van der Waals surface area contributed by atoms with Crippen molar-refractivity contribution in [2.24, 2.45) is 0 Å². The molecule has 2 aromatic rings. The number of nitrogens with zero attached hydrogens (tertiary/aromatic N) is 2. The lowest BCUT2D eigenvalue weighted by molar-refractivity contribution is -0.132. The van der Waals surface area contributed by atoms with Gasteiger partial charge < -0.3 is 9.64 Å². The second kappa shape index (κ2) is 7.15. The molecule has 0 radical (unpaired) electrons. The Morgan fingerprint density at radius 3 is 2.65 bits per heavy atom. The van der Waals surface area contributed by atoms with Crippen LogP contribution < -0.4 is 4.74 Å². The Morgan fingerprint density at radius 2 is 2.04 bits per heavy atom. The molecule has 1 aliphatic heterocycles. The van der Waals surface area contributed by atoms with E-state index in [1.165, 1.54) is 10.4 Å². The number of amides is 1. The van der Waals surface area contributed by atoms with Crippen molar-refractivity contribution in [2.45, 2.75) is 19.5 Å². The van der Waals surface area contributed by atoms with Crippen molar-refractivity contribution < 1.29 is 9.53 Å². The van der Waals surface area contributed by atoms with Gasteiger partial charge in [0.2, 0.25) is 5.91 Å². The third-order valence-corrected chi connectivity index (χ3v) is 5.24. The van der Waals surface area contributed by atoms with Crippen LogP contribution in [0.15, 0.2) is 41.8 Å². The van der Waals surface area contributed by atoms with Gasteiger partial charge in [-0.1, -0.05) is 18.2 Å². The third-order valence-electron chi connectivity index (χ3n) is 4.38. The molecule has 1 amide bonds. The van der Waals surface area contributed by atoms with Crippen molar-refractivity contribution in [1.29, 1.82) is 0 Å². The number of benzene rings is 1. The summed E-state index contributed by atoms with van der Waals surface area (Å²) in [7, 11) is 1.68. The van der Waals surface area contributed by atoms with Gasteiger partial charge >= 0.3 is 0 Å². The maximum atomic E-state index is 11.8. The number of thiophene rings is 1. The van der Waals surface area contributed by atoms with Crippen molar-refractivity contribution in [1.82, 2.24) is 9.80 Å². The molecule has 1 aliphatic rings. The average molecular weight is 330 g/mol. The fourth-order valence-corrected chi connectivity index (χ4v) is 3.77. The summed E-state index contributed by atoms with van der Waals surface area (Å²) in [6, 6.07) is 12.7. The Morgan fingerprint density at radius 1 is 1.26 bits per heavy atom. The largest absolute Gasteiger partial charge is 0.497 e. The number of piperazine rings is 1. The second-order valence-electron chi connectivity index (χ2n) is 5.80. The van der Waals surface area contributed by atoms with E-state index in [0.717, 1.165) is 31.9 Å². The van der Waals surface area contributed by atoms with E-state index in [1.807, 2.05) is 17.0 Å². The fraction of sp³-hybridized carbons (Fsp3) is 0.389. The van der Waals surface area contributed by atoms with E-state index < -0.39 is 0 Å². The first-order chi connectivity index (χ1) is 11.2. The van der Waals surface area contributed by atoms with Crippen LogP contribution in [-0.2, 0) is 11.3 Å². The van der Waals surface area contributed by atoms with Gasteiger partial charge in [0.05, 0.1) is 13.2 Å². The van der Waals surface area contributed by atoms with Gasteiger partial charge in [-0.2, -0.15) is 0 Å². The lowest BCUT2D eigenvalue weighted by Gasteiger charge is -2.41. The van der Waals surface area contributed by atoms with Gasteiger partial charge in [-0.3, -0.25) is 9.69 Å². The molecule has 0 unspecified atom stereocenters. The summed E-state index contributed by atoms with van der Waals surface area (Å²) >= 11 is 1.78. The molecule has 0 N–H and O–H groups in total. The van der Waals surface area contributed by atoms with E-state index in [-0.39, 0.29) is 11.9 Å². The molecule has 23 heavy (non-hydrogen) atoms. The van der Waals surface area contributed by atoms with Gasteiger partial charge in [0.15, 0.2) is 0 Å². The number of hydrogen-bond acceptors (Lipinski definition) is 4.